The molecule has 2 aromatic carbocycles. The van der Waals surface area contributed by atoms with Crippen LogP contribution in [0, 0.1) is 23.0 Å². The third kappa shape index (κ3) is 8.98. The van der Waals surface area contributed by atoms with Crippen molar-refractivity contribution in [3.8, 4) is 11.1 Å². The molecule has 0 saturated carbocycles. The van der Waals surface area contributed by atoms with Gasteiger partial charge in [0, 0.05) is 37.8 Å². The number of carbonyl (C=O) groups excluding carboxylic acids is 1. The average molecular weight is 514 g/mol. The predicted molar refractivity (Wildman–Crippen MR) is 138 cm³/mol. The summed E-state index contributed by atoms with van der Waals surface area (Å²) in [4.78, 5) is 15.5. The van der Waals surface area contributed by atoms with Crippen molar-refractivity contribution in [2.75, 3.05) is 6.54 Å². The number of halogens is 3. The molecule has 0 bridgehead atoms. The SMILES string of the molecule is CC(=O)N[C@@H](Cc1cc(F)cc(F)c1)[C@H](O)CNCc1cc(CC(C)(C)C)ccc1-c1ccc(F)nc1. The molecular weight excluding hydrogens is 479 g/mol. The summed E-state index contributed by atoms with van der Waals surface area (Å²) in [6.45, 7) is 8.31. The second-order valence-electron chi connectivity index (χ2n) is 10.6. The summed E-state index contributed by atoms with van der Waals surface area (Å²) < 4.78 is 40.7. The highest BCUT2D eigenvalue weighted by Crippen LogP contribution is 2.28. The predicted octanol–water partition coefficient (Wildman–Crippen LogP) is 4.95. The Morgan fingerprint density at radius 2 is 1.70 bits per heavy atom. The lowest BCUT2D eigenvalue weighted by molar-refractivity contribution is -0.120. The van der Waals surface area contributed by atoms with Crippen LogP contribution >= 0.6 is 0 Å². The summed E-state index contributed by atoms with van der Waals surface area (Å²) in [6.07, 6.45) is 1.38. The van der Waals surface area contributed by atoms with E-state index in [1.54, 1.807) is 6.07 Å². The maximum Gasteiger partial charge on any atom is 0.217 e. The maximum absolute atomic E-state index is 13.6. The molecule has 3 rings (SSSR count). The van der Waals surface area contributed by atoms with E-state index < -0.39 is 29.7 Å². The molecule has 1 heterocycles. The molecule has 8 heteroatoms. The number of aliphatic hydroxyl groups is 1. The number of hydrogen-bond donors (Lipinski definition) is 3. The van der Waals surface area contributed by atoms with Gasteiger partial charge in [-0.2, -0.15) is 4.39 Å². The molecule has 3 aromatic rings. The molecule has 2 atom stereocenters. The number of pyridine rings is 1. The fourth-order valence-electron chi connectivity index (χ4n) is 4.36. The van der Waals surface area contributed by atoms with Gasteiger partial charge in [-0.15, -0.1) is 0 Å². The molecule has 0 aliphatic heterocycles. The monoisotopic (exact) mass is 513 g/mol. The Hall–Kier alpha value is -3.23. The zero-order chi connectivity index (χ0) is 27.2. The van der Waals surface area contributed by atoms with E-state index in [4.69, 9.17) is 0 Å². The van der Waals surface area contributed by atoms with E-state index in [0.29, 0.717) is 12.1 Å². The van der Waals surface area contributed by atoms with Crippen LogP contribution in [0.1, 0.15) is 44.4 Å². The summed E-state index contributed by atoms with van der Waals surface area (Å²) in [5.74, 6) is -2.36. The molecule has 198 valence electrons. The van der Waals surface area contributed by atoms with Crippen molar-refractivity contribution >= 4 is 5.91 Å². The summed E-state index contributed by atoms with van der Waals surface area (Å²) >= 11 is 0. The van der Waals surface area contributed by atoms with E-state index in [0.717, 1.165) is 34.7 Å². The van der Waals surface area contributed by atoms with Gasteiger partial charge in [-0.3, -0.25) is 4.79 Å². The lowest BCUT2D eigenvalue weighted by Crippen LogP contribution is -2.48. The molecule has 0 saturated heterocycles. The van der Waals surface area contributed by atoms with E-state index in [9.17, 15) is 23.1 Å². The van der Waals surface area contributed by atoms with Crippen LogP contribution in [-0.4, -0.2) is 34.7 Å². The topological polar surface area (TPSA) is 74.2 Å². The van der Waals surface area contributed by atoms with Crippen LogP contribution in [0.25, 0.3) is 11.1 Å². The van der Waals surface area contributed by atoms with Crippen LogP contribution in [0.15, 0.2) is 54.7 Å². The molecule has 0 unspecified atom stereocenters. The molecule has 0 aliphatic carbocycles. The number of rotatable bonds is 10. The van der Waals surface area contributed by atoms with Crippen LogP contribution < -0.4 is 10.6 Å². The van der Waals surface area contributed by atoms with E-state index in [-0.39, 0.29) is 24.3 Å². The van der Waals surface area contributed by atoms with E-state index >= 15 is 0 Å². The van der Waals surface area contributed by atoms with E-state index in [1.807, 2.05) is 12.1 Å². The van der Waals surface area contributed by atoms with Gasteiger partial charge in [-0.25, -0.2) is 13.8 Å². The first-order chi connectivity index (χ1) is 17.4. The molecule has 0 spiro atoms. The van der Waals surface area contributed by atoms with Crippen LogP contribution in [0.5, 0.6) is 0 Å². The van der Waals surface area contributed by atoms with Crippen molar-refractivity contribution in [2.24, 2.45) is 5.41 Å². The highest BCUT2D eigenvalue weighted by atomic mass is 19.1. The van der Waals surface area contributed by atoms with Gasteiger partial charge in [0.1, 0.15) is 11.6 Å². The Labute approximate surface area is 216 Å². The van der Waals surface area contributed by atoms with Crippen LogP contribution in [0.4, 0.5) is 13.2 Å². The number of hydrogen-bond acceptors (Lipinski definition) is 4. The van der Waals surface area contributed by atoms with Gasteiger partial charge in [-0.05, 0) is 64.8 Å². The van der Waals surface area contributed by atoms with Gasteiger partial charge in [0.2, 0.25) is 11.9 Å². The summed E-state index contributed by atoms with van der Waals surface area (Å²) in [7, 11) is 0. The summed E-state index contributed by atoms with van der Waals surface area (Å²) in [5.41, 5.74) is 4.17. The Morgan fingerprint density at radius 3 is 2.30 bits per heavy atom. The summed E-state index contributed by atoms with van der Waals surface area (Å²) in [5, 5.41) is 16.8. The van der Waals surface area contributed by atoms with Gasteiger partial charge in [-0.1, -0.05) is 39.0 Å². The second kappa shape index (κ2) is 12.3. The zero-order valence-electron chi connectivity index (χ0n) is 21.6. The summed E-state index contributed by atoms with van der Waals surface area (Å²) in [6, 6.07) is 11.5. The normalized spacial score (nSPS) is 13.3. The third-order valence-corrected chi connectivity index (χ3v) is 5.84. The first-order valence-electron chi connectivity index (χ1n) is 12.2. The quantitative estimate of drug-likeness (QED) is 0.336. The van der Waals surface area contributed by atoms with Gasteiger partial charge in [0.25, 0.3) is 0 Å². The third-order valence-electron chi connectivity index (χ3n) is 5.84. The van der Waals surface area contributed by atoms with Gasteiger partial charge >= 0.3 is 0 Å². The first kappa shape index (κ1) is 28.3. The minimum absolute atomic E-state index is 0.0602. The molecule has 0 fully saturated rings. The molecule has 3 N–H and O–H groups in total. The first-order valence-corrected chi connectivity index (χ1v) is 12.2. The number of carbonyl (C=O) groups is 1. The molecule has 0 radical (unpaired) electrons. The fourth-order valence-corrected chi connectivity index (χ4v) is 4.36. The lowest BCUT2D eigenvalue weighted by Gasteiger charge is -2.25. The Kier molecular flexibility index (Phi) is 9.45. The average Bonchev–Trinajstić information content (AvgIpc) is 2.77. The van der Waals surface area contributed by atoms with Crippen LogP contribution in [0.3, 0.4) is 0 Å². The van der Waals surface area contributed by atoms with Crippen molar-refractivity contribution in [2.45, 2.75) is 59.2 Å². The Balaban J connectivity index is 1.76. The molecule has 1 amide bonds. The maximum atomic E-state index is 13.6. The highest BCUT2D eigenvalue weighted by Gasteiger charge is 2.22. The smallest absolute Gasteiger partial charge is 0.217 e. The second-order valence-corrected chi connectivity index (χ2v) is 10.6. The number of nitrogens with zero attached hydrogens (tertiary/aromatic N) is 1. The van der Waals surface area contributed by atoms with Gasteiger partial charge in [0.05, 0.1) is 12.1 Å². The number of aliphatic hydroxyl groups excluding tert-OH is 1. The van der Waals surface area contributed by atoms with Gasteiger partial charge < -0.3 is 15.7 Å². The number of nitrogens with one attached hydrogen (secondary N) is 2. The van der Waals surface area contributed by atoms with Crippen LogP contribution in [-0.2, 0) is 24.2 Å². The molecule has 1 aromatic heterocycles. The van der Waals surface area contributed by atoms with Crippen molar-refractivity contribution in [3.63, 3.8) is 0 Å². The van der Waals surface area contributed by atoms with Gasteiger partial charge in [0.15, 0.2) is 0 Å². The molecule has 37 heavy (non-hydrogen) atoms. The molecule has 0 aliphatic rings. The molecular formula is C29H34F3N3O2. The van der Waals surface area contributed by atoms with Crippen molar-refractivity contribution in [3.05, 3.63) is 89.0 Å². The number of aromatic nitrogens is 1. The van der Waals surface area contributed by atoms with Crippen molar-refractivity contribution in [1.29, 1.82) is 0 Å². The Morgan fingerprint density at radius 1 is 1.00 bits per heavy atom. The highest BCUT2D eigenvalue weighted by molar-refractivity contribution is 5.73. The number of benzene rings is 2. The Bertz CT molecular complexity index is 1190. The largest absolute Gasteiger partial charge is 0.390 e. The number of amides is 1. The zero-order valence-corrected chi connectivity index (χ0v) is 21.6. The lowest BCUT2D eigenvalue weighted by atomic mass is 9.86. The fraction of sp³-hybridized carbons (Fsp3) is 0.379. The van der Waals surface area contributed by atoms with E-state index in [2.05, 4.69) is 42.5 Å². The van der Waals surface area contributed by atoms with Crippen molar-refractivity contribution < 1.29 is 23.1 Å². The molecule has 5 nitrogen and oxygen atoms in total. The standard InChI is InChI=1S/C29H34F3N3O2/c1-18(36)35-26(12-20-10-23(30)13-24(31)11-20)27(37)17-33-15-22-9-19(14-29(2,3)4)5-7-25(22)21-6-8-28(32)34-16-21/h5-11,13,16,26-27,33,37H,12,14-15,17H2,1-4H3,(H,35,36)/t26-,27+/m0/s1. The minimum Gasteiger partial charge on any atom is -0.390 e. The van der Waals surface area contributed by atoms with Crippen molar-refractivity contribution in [1.82, 2.24) is 15.6 Å². The van der Waals surface area contributed by atoms with E-state index in [1.165, 1.54) is 31.3 Å². The van der Waals surface area contributed by atoms with Crippen LogP contribution in [0.2, 0.25) is 0 Å². The minimum atomic E-state index is -1.02.